The molecular formula is C13H14O4. The van der Waals surface area contributed by atoms with E-state index in [4.69, 9.17) is 18.9 Å². The first-order valence-electron chi connectivity index (χ1n) is 6.00. The van der Waals surface area contributed by atoms with Crippen molar-refractivity contribution in [2.24, 2.45) is 0 Å². The van der Waals surface area contributed by atoms with Gasteiger partial charge in [-0.25, -0.2) is 0 Å². The summed E-state index contributed by atoms with van der Waals surface area (Å²) in [6.45, 7) is 1.23. The van der Waals surface area contributed by atoms with E-state index in [0.717, 1.165) is 0 Å². The fourth-order valence-electron chi connectivity index (χ4n) is 2.58. The first-order chi connectivity index (χ1) is 8.42. The Morgan fingerprint density at radius 1 is 1.12 bits per heavy atom. The van der Waals surface area contributed by atoms with Gasteiger partial charge in [0, 0.05) is 0 Å². The third kappa shape index (κ3) is 1.68. The van der Waals surface area contributed by atoms with E-state index >= 15 is 0 Å². The van der Waals surface area contributed by atoms with Crippen molar-refractivity contribution in [2.75, 3.05) is 6.61 Å². The molecule has 4 nitrogen and oxygen atoms in total. The van der Waals surface area contributed by atoms with E-state index in [1.165, 1.54) is 5.56 Å². The summed E-state index contributed by atoms with van der Waals surface area (Å²) in [4.78, 5) is 0. The van der Waals surface area contributed by atoms with Gasteiger partial charge in [-0.3, -0.25) is 0 Å². The Morgan fingerprint density at radius 2 is 2.00 bits per heavy atom. The Hall–Kier alpha value is -0.940. The van der Waals surface area contributed by atoms with Gasteiger partial charge < -0.3 is 18.9 Å². The third-order valence-corrected chi connectivity index (χ3v) is 3.54. The summed E-state index contributed by atoms with van der Waals surface area (Å²) in [5, 5.41) is 0. The van der Waals surface area contributed by atoms with Crippen LogP contribution in [0.2, 0.25) is 0 Å². The molecule has 3 saturated heterocycles. The number of hydrogen-bond acceptors (Lipinski definition) is 4. The fourth-order valence-corrected chi connectivity index (χ4v) is 2.58. The molecule has 17 heavy (non-hydrogen) atoms. The van der Waals surface area contributed by atoms with Gasteiger partial charge in [0.1, 0.15) is 24.4 Å². The minimum absolute atomic E-state index is 0.0129. The highest BCUT2D eigenvalue weighted by Gasteiger charge is 2.62. The molecule has 1 aromatic rings. The molecule has 1 aromatic carbocycles. The van der Waals surface area contributed by atoms with Crippen molar-refractivity contribution in [3.8, 4) is 0 Å². The normalized spacial score (nSPS) is 42.2. The van der Waals surface area contributed by atoms with Gasteiger partial charge >= 0.3 is 0 Å². The first kappa shape index (κ1) is 10.0. The van der Waals surface area contributed by atoms with E-state index in [2.05, 4.69) is 12.1 Å². The maximum atomic E-state index is 5.92. The molecule has 3 fully saturated rings. The average Bonchev–Trinajstić information content (AvgIpc) is 3.05. The highest BCUT2D eigenvalue weighted by atomic mass is 16.8. The number of rotatable bonds is 3. The van der Waals surface area contributed by atoms with E-state index in [-0.39, 0.29) is 30.7 Å². The SMILES string of the molecule is c1ccc(CO[C@H]2[C@@H]3O[C@H]3[C@H]3OC[C@H]2O3)cc1. The molecule has 2 bridgehead atoms. The number of hydrogen-bond donors (Lipinski definition) is 0. The van der Waals surface area contributed by atoms with Crippen LogP contribution in [-0.4, -0.2) is 37.3 Å². The van der Waals surface area contributed by atoms with Gasteiger partial charge in [0.25, 0.3) is 0 Å². The number of benzene rings is 1. The van der Waals surface area contributed by atoms with Crippen LogP contribution in [0.25, 0.3) is 0 Å². The quantitative estimate of drug-likeness (QED) is 0.734. The number of epoxide rings is 1. The summed E-state index contributed by atoms with van der Waals surface area (Å²) in [5.74, 6) is 0. The maximum absolute atomic E-state index is 5.92. The van der Waals surface area contributed by atoms with Crippen LogP contribution >= 0.6 is 0 Å². The van der Waals surface area contributed by atoms with Crippen LogP contribution in [-0.2, 0) is 25.6 Å². The first-order valence-corrected chi connectivity index (χ1v) is 6.00. The second kappa shape index (κ2) is 3.78. The molecule has 5 atom stereocenters. The van der Waals surface area contributed by atoms with Gasteiger partial charge in [-0.05, 0) is 5.56 Å². The molecule has 0 unspecified atom stereocenters. The van der Waals surface area contributed by atoms with Crippen molar-refractivity contribution in [2.45, 2.75) is 37.3 Å². The van der Waals surface area contributed by atoms with E-state index < -0.39 is 0 Å². The van der Waals surface area contributed by atoms with E-state index in [0.29, 0.717) is 13.2 Å². The smallest absolute Gasteiger partial charge is 0.187 e. The molecule has 4 rings (SSSR count). The minimum Gasteiger partial charge on any atom is -0.368 e. The van der Waals surface area contributed by atoms with Gasteiger partial charge in [0.15, 0.2) is 6.29 Å². The van der Waals surface area contributed by atoms with Crippen molar-refractivity contribution < 1.29 is 18.9 Å². The predicted molar refractivity (Wildman–Crippen MR) is 58.3 cm³/mol. The lowest BCUT2D eigenvalue weighted by Gasteiger charge is -2.24. The summed E-state index contributed by atoms with van der Waals surface area (Å²) in [6.07, 6.45) is 0.160. The van der Waals surface area contributed by atoms with Crippen LogP contribution in [0.1, 0.15) is 5.56 Å². The summed E-state index contributed by atoms with van der Waals surface area (Å²) >= 11 is 0. The second-order valence-corrected chi connectivity index (χ2v) is 4.70. The Morgan fingerprint density at radius 3 is 2.88 bits per heavy atom. The van der Waals surface area contributed by atoms with Crippen LogP contribution < -0.4 is 0 Å². The second-order valence-electron chi connectivity index (χ2n) is 4.70. The molecule has 0 N–H and O–H groups in total. The molecule has 3 aliphatic heterocycles. The van der Waals surface area contributed by atoms with E-state index in [1.807, 2.05) is 18.2 Å². The molecular weight excluding hydrogens is 220 g/mol. The monoisotopic (exact) mass is 234 g/mol. The highest BCUT2D eigenvalue weighted by molar-refractivity contribution is 5.14. The Balaban J connectivity index is 1.43. The van der Waals surface area contributed by atoms with Crippen LogP contribution in [0.3, 0.4) is 0 Å². The van der Waals surface area contributed by atoms with Crippen LogP contribution in [0.15, 0.2) is 30.3 Å². The summed E-state index contributed by atoms with van der Waals surface area (Å²) in [7, 11) is 0. The fraction of sp³-hybridized carbons (Fsp3) is 0.538. The van der Waals surface area contributed by atoms with Gasteiger partial charge in [0.2, 0.25) is 0 Å². The topological polar surface area (TPSA) is 40.2 Å². The summed E-state index contributed by atoms with van der Waals surface area (Å²) in [5.41, 5.74) is 1.17. The molecule has 0 aromatic heterocycles. The van der Waals surface area contributed by atoms with Crippen molar-refractivity contribution in [3.05, 3.63) is 35.9 Å². The lowest BCUT2D eigenvalue weighted by Crippen LogP contribution is -2.41. The van der Waals surface area contributed by atoms with Crippen molar-refractivity contribution >= 4 is 0 Å². The minimum atomic E-state index is -0.151. The zero-order valence-corrected chi connectivity index (χ0v) is 9.32. The number of ether oxygens (including phenoxy) is 4. The van der Waals surface area contributed by atoms with Crippen molar-refractivity contribution in [3.63, 3.8) is 0 Å². The lowest BCUT2D eigenvalue weighted by atomic mass is 10.1. The van der Waals surface area contributed by atoms with Gasteiger partial charge in [-0.1, -0.05) is 30.3 Å². The molecule has 90 valence electrons. The Bertz CT molecular complexity index is 407. The average molecular weight is 234 g/mol. The molecule has 0 aliphatic carbocycles. The zero-order valence-electron chi connectivity index (χ0n) is 9.32. The van der Waals surface area contributed by atoms with Crippen LogP contribution in [0.4, 0.5) is 0 Å². The Labute approximate surface area is 99.4 Å². The highest BCUT2D eigenvalue weighted by Crippen LogP contribution is 2.43. The van der Waals surface area contributed by atoms with Crippen molar-refractivity contribution in [1.29, 1.82) is 0 Å². The lowest BCUT2D eigenvalue weighted by molar-refractivity contribution is -0.121. The molecule has 0 saturated carbocycles. The van der Waals surface area contributed by atoms with Gasteiger partial charge in [-0.2, -0.15) is 0 Å². The standard InChI is InChI=1S/C13H14O4/c1-2-4-8(5-3-1)6-14-10-9-7-15-13(16-9)12-11(10)17-12/h1-5,9-13H,6-7H2/t9-,10-,11+,12-,13+/m1/s1. The third-order valence-electron chi connectivity index (χ3n) is 3.54. The molecule has 3 heterocycles. The molecule has 0 spiro atoms. The zero-order chi connectivity index (χ0) is 11.2. The molecule has 3 aliphatic rings. The largest absolute Gasteiger partial charge is 0.368 e. The van der Waals surface area contributed by atoms with Crippen LogP contribution in [0.5, 0.6) is 0 Å². The summed E-state index contributed by atoms with van der Waals surface area (Å²) in [6, 6.07) is 10.1. The molecule has 0 radical (unpaired) electrons. The van der Waals surface area contributed by atoms with Gasteiger partial charge in [-0.15, -0.1) is 0 Å². The number of fused-ring (bicyclic) bond motifs is 4. The predicted octanol–water partition coefficient (Wildman–Crippen LogP) is 1.09. The van der Waals surface area contributed by atoms with Crippen LogP contribution in [0, 0.1) is 0 Å². The molecule has 4 heteroatoms. The van der Waals surface area contributed by atoms with Gasteiger partial charge in [0.05, 0.1) is 13.2 Å². The van der Waals surface area contributed by atoms with Crippen molar-refractivity contribution in [1.82, 2.24) is 0 Å². The summed E-state index contributed by atoms with van der Waals surface area (Å²) < 4.78 is 22.6. The van der Waals surface area contributed by atoms with E-state index in [9.17, 15) is 0 Å². The maximum Gasteiger partial charge on any atom is 0.187 e. The van der Waals surface area contributed by atoms with E-state index in [1.54, 1.807) is 0 Å². The Kier molecular flexibility index (Phi) is 2.23. The molecule has 0 amide bonds.